The molecule has 3 aromatic carbocycles. The molecule has 4 aromatic rings. The largest absolute Gasteiger partial charge is 0.352 e. The van der Waals surface area contributed by atoms with Crippen LogP contribution in [-0.4, -0.2) is 43.4 Å². The van der Waals surface area contributed by atoms with Crippen molar-refractivity contribution in [2.45, 2.75) is 24.4 Å². The molecule has 0 saturated heterocycles. The Morgan fingerprint density at radius 3 is 2.38 bits per heavy atom. The topological polar surface area (TPSA) is 91.7 Å². The van der Waals surface area contributed by atoms with Gasteiger partial charge >= 0.3 is 0 Å². The standard InChI is InChI=1S/C30H29ClN4O3S/c1-32-20-24-10-14-29(15-11-24)39(37,38)35(22-28-7-2-3-17-33-28)21-25-8-12-26(13-9-25)30(36)34-18-16-23-5-4-6-27(31)19-23/h2-15,17,19-20H,16,18,21-22H2,1H3,(H,34,36). The van der Waals surface area contributed by atoms with E-state index >= 15 is 0 Å². The highest BCUT2D eigenvalue weighted by atomic mass is 35.5. The molecule has 0 aliphatic rings. The molecule has 1 amide bonds. The predicted octanol–water partition coefficient (Wildman–Crippen LogP) is 5.15. The van der Waals surface area contributed by atoms with Gasteiger partial charge in [-0.05, 0) is 71.6 Å². The van der Waals surface area contributed by atoms with Crippen LogP contribution in [-0.2, 0) is 29.5 Å². The maximum absolute atomic E-state index is 13.6. The van der Waals surface area contributed by atoms with Crippen molar-refractivity contribution in [3.63, 3.8) is 0 Å². The highest BCUT2D eigenvalue weighted by Gasteiger charge is 2.25. The minimum atomic E-state index is -3.84. The molecule has 0 spiro atoms. The lowest BCUT2D eigenvalue weighted by atomic mass is 10.1. The van der Waals surface area contributed by atoms with Crippen LogP contribution in [0.3, 0.4) is 0 Å². The van der Waals surface area contributed by atoms with Gasteiger partial charge in [-0.2, -0.15) is 4.31 Å². The second-order valence-corrected chi connectivity index (χ2v) is 11.3. The number of hydrogen-bond acceptors (Lipinski definition) is 5. The number of carbonyl (C=O) groups excluding carboxylic acids is 1. The third-order valence-corrected chi connectivity index (χ3v) is 8.06. The van der Waals surface area contributed by atoms with Gasteiger partial charge in [0.2, 0.25) is 10.0 Å². The van der Waals surface area contributed by atoms with Gasteiger partial charge in [-0.1, -0.05) is 54.1 Å². The molecule has 0 saturated carbocycles. The zero-order chi connectivity index (χ0) is 27.7. The molecule has 7 nitrogen and oxygen atoms in total. The zero-order valence-corrected chi connectivity index (χ0v) is 23.1. The lowest BCUT2D eigenvalue weighted by Gasteiger charge is -2.22. The van der Waals surface area contributed by atoms with E-state index in [9.17, 15) is 13.2 Å². The summed E-state index contributed by atoms with van der Waals surface area (Å²) in [6, 6.07) is 26.5. The Bertz CT molecular complexity index is 1520. The summed E-state index contributed by atoms with van der Waals surface area (Å²) < 4.78 is 28.7. The minimum absolute atomic E-state index is 0.104. The van der Waals surface area contributed by atoms with E-state index in [2.05, 4.69) is 15.3 Å². The number of aromatic nitrogens is 1. The highest BCUT2D eigenvalue weighted by Crippen LogP contribution is 2.21. The van der Waals surface area contributed by atoms with Crippen molar-refractivity contribution >= 4 is 33.7 Å². The Morgan fingerprint density at radius 1 is 0.949 bits per heavy atom. The summed E-state index contributed by atoms with van der Waals surface area (Å²) in [6.45, 7) is 0.695. The fraction of sp³-hybridized carbons (Fsp3) is 0.167. The van der Waals surface area contributed by atoms with Crippen molar-refractivity contribution in [3.05, 3.63) is 130 Å². The van der Waals surface area contributed by atoms with Crippen LogP contribution in [0, 0.1) is 0 Å². The number of pyridine rings is 1. The fourth-order valence-corrected chi connectivity index (χ4v) is 5.61. The number of nitrogens with one attached hydrogen (secondary N) is 1. The molecular weight excluding hydrogens is 532 g/mol. The Morgan fingerprint density at radius 2 is 1.72 bits per heavy atom. The quantitative estimate of drug-likeness (QED) is 0.257. The Labute approximate surface area is 234 Å². The molecule has 0 aliphatic heterocycles. The van der Waals surface area contributed by atoms with Crippen LogP contribution in [0.5, 0.6) is 0 Å². The summed E-state index contributed by atoms with van der Waals surface area (Å²) in [5, 5.41) is 3.58. The van der Waals surface area contributed by atoms with E-state index in [0.717, 1.165) is 16.7 Å². The molecule has 0 bridgehead atoms. The van der Waals surface area contributed by atoms with Crippen LogP contribution < -0.4 is 5.32 Å². The van der Waals surface area contributed by atoms with Gasteiger partial charge in [-0.25, -0.2) is 8.42 Å². The van der Waals surface area contributed by atoms with Crippen LogP contribution in [0.1, 0.15) is 32.7 Å². The average molecular weight is 561 g/mol. The Hall–Kier alpha value is -3.85. The molecule has 1 heterocycles. The first kappa shape index (κ1) is 28.2. The number of nitrogens with zero attached hydrogens (tertiary/aromatic N) is 3. The van der Waals surface area contributed by atoms with Gasteiger partial charge in [-0.3, -0.25) is 14.8 Å². The molecule has 0 aliphatic carbocycles. The van der Waals surface area contributed by atoms with Gasteiger partial charge in [0.15, 0.2) is 0 Å². The number of benzene rings is 3. The van der Waals surface area contributed by atoms with Crippen molar-refractivity contribution in [1.82, 2.24) is 14.6 Å². The van der Waals surface area contributed by atoms with Crippen LogP contribution in [0.15, 0.2) is 107 Å². The van der Waals surface area contributed by atoms with Crippen molar-refractivity contribution in [2.75, 3.05) is 13.6 Å². The zero-order valence-electron chi connectivity index (χ0n) is 21.5. The molecule has 0 atom stereocenters. The van der Waals surface area contributed by atoms with Crippen LogP contribution in [0.2, 0.25) is 5.02 Å². The summed E-state index contributed by atoms with van der Waals surface area (Å²) in [6.07, 6.45) is 3.97. The summed E-state index contributed by atoms with van der Waals surface area (Å²) in [5.41, 5.74) is 3.73. The summed E-state index contributed by atoms with van der Waals surface area (Å²) in [7, 11) is -2.17. The first-order valence-electron chi connectivity index (χ1n) is 12.4. The maximum Gasteiger partial charge on any atom is 0.251 e. The summed E-state index contributed by atoms with van der Waals surface area (Å²) in [4.78, 5) is 21.1. The first-order valence-corrected chi connectivity index (χ1v) is 14.2. The predicted molar refractivity (Wildman–Crippen MR) is 155 cm³/mol. The Balaban J connectivity index is 1.47. The lowest BCUT2D eigenvalue weighted by Crippen LogP contribution is -2.30. The van der Waals surface area contributed by atoms with E-state index in [4.69, 9.17) is 11.6 Å². The highest BCUT2D eigenvalue weighted by molar-refractivity contribution is 7.89. The Kier molecular flexibility index (Phi) is 9.59. The fourth-order valence-electron chi connectivity index (χ4n) is 4.00. The van der Waals surface area contributed by atoms with E-state index in [1.165, 1.54) is 4.31 Å². The molecule has 0 fully saturated rings. The summed E-state index contributed by atoms with van der Waals surface area (Å²) >= 11 is 6.02. The second kappa shape index (κ2) is 13.3. The molecule has 200 valence electrons. The van der Waals surface area contributed by atoms with E-state index in [1.807, 2.05) is 30.3 Å². The van der Waals surface area contributed by atoms with Gasteiger partial charge < -0.3 is 5.32 Å². The normalized spacial score (nSPS) is 11.7. The molecule has 4 rings (SSSR count). The smallest absolute Gasteiger partial charge is 0.251 e. The molecule has 0 radical (unpaired) electrons. The second-order valence-electron chi connectivity index (χ2n) is 8.88. The molecule has 0 unspecified atom stereocenters. The van der Waals surface area contributed by atoms with Crippen molar-refractivity contribution in [1.29, 1.82) is 0 Å². The number of hydrogen-bond donors (Lipinski definition) is 1. The number of amides is 1. The van der Waals surface area contributed by atoms with E-state index in [1.54, 1.807) is 80.1 Å². The maximum atomic E-state index is 13.6. The number of halogens is 1. The number of aliphatic imine (C=N–C) groups is 1. The first-order chi connectivity index (χ1) is 18.8. The van der Waals surface area contributed by atoms with Gasteiger partial charge in [0.25, 0.3) is 5.91 Å². The van der Waals surface area contributed by atoms with E-state index < -0.39 is 10.0 Å². The van der Waals surface area contributed by atoms with Crippen molar-refractivity contribution < 1.29 is 13.2 Å². The van der Waals surface area contributed by atoms with E-state index in [0.29, 0.717) is 29.2 Å². The van der Waals surface area contributed by atoms with Crippen LogP contribution in [0.4, 0.5) is 0 Å². The van der Waals surface area contributed by atoms with Gasteiger partial charge in [0, 0.05) is 43.1 Å². The molecule has 1 aromatic heterocycles. The lowest BCUT2D eigenvalue weighted by molar-refractivity contribution is 0.0954. The van der Waals surface area contributed by atoms with Crippen LogP contribution in [0.25, 0.3) is 0 Å². The third kappa shape index (κ3) is 7.83. The SMILES string of the molecule is CN=Cc1ccc(S(=O)(=O)N(Cc2ccc(C(=O)NCCc3cccc(Cl)c3)cc2)Cc2ccccn2)cc1. The molecule has 39 heavy (non-hydrogen) atoms. The number of sulfonamides is 1. The monoisotopic (exact) mass is 560 g/mol. The minimum Gasteiger partial charge on any atom is -0.352 e. The molecule has 1 N–H and O–H groups in total. The van der Waals surface area contributed by atoms with Gasteiger partial charge in [0.1, 0.15) is 0 Å². The summed E-state index contributed by atoms with van der Waals surface area (Å²) in [5.74, 6) is -0.197. The molecule has 9 heteroatoms. The molecular formula is C30H29ClN4O3S. The van der Waals surface area contributed by atoms with E-state index in [-0.39, 0.29) is 23.9 Å². The van der Waals surface area contributed by atoms with Gasteiger partial charge in [0.05, 0.1) is 17.1 Å². The van der Waals surface area contributed by atoms with Crippen molar-refractivity contribution in [2.24, 2.45) is 4.99 Å². The number of rotatable bonds is 11. The average Bonchev–Trinajstić information content (AvgIpc) is 2.94. The third-order valence-electron chi connectivity index (χ3n) is 6.02. The van der Waals surface area contributed by atoms with Crippen molar-refractivity contribution in [3.8, 4) is 0 Å². The van der Waals surface area contributed by atoms with Gasteiger partial charge in [-0.15, -0.1) is 0 Å². The van der Waals surface area contributed by atoms with Crippen LogP contribution >= 0.6 is 11.6 Å². The number of carbonyl (C=O) groups is 1.